The maximum atomic E-state index is 12.5. The minimum Gasteiger partial charge on any atom is -0.492 e. The Bertz CT molecular complexity index is 1000. The number of ether oxygens (including phenoxy) is 1. The summed E-state index contributed by atoms with van der Waals surface area (Å²) in [7, 11) is -3.47. The summed E-state index contributed by atoms with van der Waals surface area (Å²) in [6.45, 7) is 9.22. The van der Waals surface area contributed by atoms with Gasteiger partial charge in [0.15, 0.2) is 0 Å². The van der Waals surface area contributed by atoms with Crippen molar-refractivity contribution in [3.8, 4) is 5.75 Å². The van der Waals surface area contributed by atoms with E-state index in [2.05, 4.69) is 24.4 Å². The highest BCUT2D eigenvalue weighted by Crippen LogP contribution is 2.32. The number of nitrogens with zero attached hydrogens (tertiary/aromatic N) is 1. The van der Waals surface area contributed by atoms with Crippen LogP contribution < -0.4 is 14.4 Å². The zero-order chi connectivity index (χ0) is 24.4. The maximum absolute atomic E-state index is 12.5. The van der Waals surface area contributed by atoms with Gasteiger partial charge in [0.1, 0.15) is 12.4 Å². The monoisotopic (exact) mass is 474 g/mol. The van der Waals surface area contributed by atoms with Crippen LogP contribution in [0.3, 0.4) is 0 Å². The summed E-state index contributed by atoms with van der Waals surface area (Å²) in [4.78, 5) is 12.2. The predicted octanol–water partition coefficient (Wildman–Crippen LogP) is 4.81. The highest BCUT2D eigenvalue weighted by atomic mass is 32.2. The van der Waals surface area contributed by atoms with Crippen molar-refractivity contribution in [1.82, 2.24) is 5.32 Å². The van der Waals surface area contributed by atoms with Gasteiger partial charge in [0.25, 0.3) is 0 Å². The molecule has 0 heterocycles. The maximum Gasteiger partial charge on any atom is 0.232 e. The van der Waals surface area contributed by atoms with E-state index >= 15 is 0 Å². The molecule has 0 fully saturated rings. The molecular weight excluding hydrogens is 436 g/mol. The summed E-state index contributed by atoms with van der Waals surface area (Å²) in [5.74, 6) is 0.863. The molecule has 0 radical (unpaired) electrons. The lowest BCUT2D eigenvalue weighted by Crippen LogP contribution is -2.34. The SMILES string of the molecule is CCCc1ccc(OCCNC(=O)CCCN(c2c(C)cccc2C(C)C)S(C)(=O)=O)cc1. The number of carbonyl (C=O) groups is 1. The minimum atomic E-state index is -3.47. The molecule has 0 unspecified atom stereocenters. The lowest BCUT2D eigenvalue weighted by atomic mass is 9.98. The lowest BCUT2D eigenvalue weighted by Gasteiger charge is -2.28. The van der Waals surface area contributed by atoms with E-state index in [0.29, 0.717) is 19.6 Å². The fraction of sp³-hybridized carbons (Fsp3) is 0.500. The quantitative estimate of drug-likeness (QED) is 0.423. The Labute approximate surface area is 199 Å². The van der Waals surface area contributed by atoms with Crippen LogP contribution in [0.4, 0.5) is 5.69 Å². The number of hydrogen-bond donors (Lipinski definition) is 1. The fourth-order valence-corrected chi connectivity index (χ4v) is 4.85. The first-order chi connectivity index (χ1) is 15.6. The molecule has 2 aromatic carbocycles. The molecule has 0 atom stereocenters. The van der Waals surface area contributed by atoms with E-state index < -0.39 is 10.0 Å². The third-order valence-corrected chi connectivity index (χ3v) is 6.63. The molecule has 7 heteroatoms. The van der Waals surface area contributed by atoms with E-state index in [1.54, 1.807) is 0 Å². The zero-order valence-electron chi connectivity index (χ0n) is 20.6. The van der Waals surface area contributed by atoms with Gasteiger partial charge in [0.05, 0.1) is 18.5 Å². The number of anilines is 1. The average Bonchev–Trinajstić information content (AvgIpc) is 2.75. The Hall–Kier alpha value is -2.54. The van der Waals surface area contributed by atoms with Crippen LogP contribution in [-0.4, -0.2) is 40.3 Å². The average molecular weight is 475 g/mol. The van der Waals surface area contributed by atoms with Crippen LogP contribution in [0.1, 0.15) is 62.6 Å². The second-order valence-corrected chi connectivity index (χ2v) is 10.6. The summed E-state index contributed by atoms with van der Waals surface area (Å²) in [5, 5.41) is 2.85. The van der Waals surface area contributed by atoms with Crippen LogP contribution in [0.2, 0.25) is 0 Å². The van der Waals surface area contributed by atoms with Gasteiger partial charge in [-0.2, -0.15) is 0 Å². The molecule has 182 valence electrons. The molecule has 33 heavy (non-hydrogen) atoms. The van der Waals surface area contributed by atoms with Crippen molar-refractivity contribution in [2.75, 3.05) is 30.3 Å². The van der Waals surface area contributed by atoms with Crippen molar-refractivity contribution in [2.24, 2.45) is 0 Å². The number of aryl methyl sites for hydroxylation is 2. The summed E-state index contributed by atoms with van der Waals surface area (Å²) in [6, 6.07) is 13.9. The molecule has 0 saturated carbocycles. The van der Waals surface area contributed by atoms with Gasteiger partial charge in [0, 0.05) is 13.0 Å². The van der Waals surface area contributed by atoms with Crippen LogP contribution in [0.25, 0.3) is 0 Å². The lowest BCUT2D eigenvalue weighted by molar-refractivity contribution is -0.121. The predicted molar refractivity (Wildman–Crippen MR) is 136 cm³/mol. The Kier molecular flexibility index (Phi) is 10.2. The van der Waals surface area contributed by atoms with Crippen molar-refractivity contribution >= 4 is 21.6 Å². The number of rotatable bonds is 13. The van der Waals surface area contributed by atoms with Gasteiger partial charge in [-0.05, 0) is 54.5 Å². The molecule has 0 aliphatic carbocycles. The van der Waals surface area contributed by atoms with Gasteiger partial charge >= 0.3 is 0 Å². The van der Waals surface area contributed by atoms with Gasteiger partial charge in [0.2, 0.25) is 15.9 Å². The first-order valence-corrected chi connectivity index (χ1v) is 13.5. The van der Waals surface area contributed by atoms with Crippen LogP contribution >= 0.6 is 0 Å². The van der Waals surface area contributed by atoms with E-state index in [1.165, 1.54) is 16.1 Å². The van der Waals surface area contributed by atoms with Crippen LogP contribution in [0.5, 0.6) is 5.75 Å². The van der Waals surface area contributed by atoms with Crippen LogP contribution in [-0.2, 0) is 21.2 Å². The van der Waals surface area contributed by atoms with Gasteiger partial charge in [-0.1, -0.05) is 57.5 Å². The molecule has 1 amide bonds. The second-order valence-electron chi connectivity index (χ2n) is 8.70. The largest absolute Gasteiger partial charge is 0.492 e. The molecule has 0 saturated heterocycles. The summed E-state index contributed by atoms with van der Waals surface area (Å²) >= 11 is 0. The molecule has 2 rings (SSSR count). The van der Waals surface area contributed by atoms with E-state index in [9.17, 15) is 13.2 Å². The molecule has 1 N–H and O–H groups in total. The molecule has 0 aliphatic heterocycles. The number of benzene rings is 2. The number of para-hydroxylation sites is 1. The Morgan fingerprint density at radius 1 is 1.12 bits per heavy atom. The topological polar surface area (TPSA) is 75.7 Å². The van der Waals surface area contributed by atoms with E-state index in [4.69, 9.17) is 4.74 Å². The highest BCUT2D eigenvalue weighted by molar-refractivity contribution is 7.92. The smallest absolute Gasteiger partial charge is 0.232 e. The number of amides is 1. The molecule has 0 aromatic heterocycles. The molecule has 6 nitrogen and oxygen atoms in total. The minimum absolute atomic E-state index is 0.112. The normalized spacial score (nSPS) is 11.5. The fourth-order valence-electron chi connectivity index (χ4n) is 3.80. The first-order valence-electron chi connectivity index (χ1n) is 11.7. The summed E-state index contributed by atoms with van der Waals surface area (Å²) < 4.78 is 32.2. The van der Waals surface area contributed by atoms with Gasteiger partial charge < -0.3 is 10.1 Å². The number of hydrogen-bond acceptors (Lipinski definition) is 4. The molecule has 0 bridgehead atoms. The third-order valence-electron chi connectivity index (χ3n) is 5.46. The third kappa shape index (κ3) is 8.39. The number of nitrogens with one attached hydrogen (secondary N) is 1. The van der Waals surface area contributed by atoms with Crippen molar-refractivity contribution in [3.63, 3.8) is 0 Å². The summed E-state index contributed by atoms with van der Waals surface area (Å²) in [6.07, 6.45) is 4.06. The van der Waals surface area contributed by atoms with Crippen molar-refractivity contribution in [1.29, 1.82) is 0 Å². The zero-order valence-corrected chi connectivity index (χ0v) is 21.4. The molecule has 0 aliphatic rings. The second kappa shape index (κ2) is 12.6. The van der Waals surface area contributed by atoms with Gasteiger partial charge in [-0.3, -0.25) is 9.10 Å². The number of sulfonamides is 1. The van der Waals surface area contributed by atoms with E-state index in [0.717, 1.165) is 35.4 Å². The Balaban J connectivity index is 1.84. The van der Waals surface area contributed by atoms with Gasteiger partial charge in [-0.25, -0.2) is 8.42 Å². The Morgan fingerprint density at radius 3 is 2.42 bits per heavy atom. The highest BCUT2D eigenvalue weighted by Gasteiger charge is 2.23. The van der Waals surface area contributed by atoms with E-state index in [1.807, 2.05) is 51.1 Å². The molecular formula is C26H38N2O4S. The first kappa shape index (κ1) is 26.7. The Morgan fingerprint density at radius 2 is 1.82 bits per heavy atom. The van der Waals surface area contributed by atoms with Crippen molar-refractivity contribution in [2.45, 2.75) is 59.3 Å². The summed E-state index contributed by atoms with van der Waals surface area (Å²) in [5.41, 5.74) is 3.92. The van der Waals surface area contributed by atoms with Crippen LogP contribution in [0, 0.1) is 6.92 Å². The van der Waals surface area contributed by atoms with Crippen molar-refractivity contribution in [3.05, 3.63) is 59.2 Å². The standard InChI is InChI=1S/C26H38N2O4S/c1-6-9-22-13-15-23(16-14-22)32-19-17-27-25(29)12-8-18-28(33(5,30)31)26-21(4)10-7-11-24(26)20(2)3/h7,10-11,13-16,20H,6,8-9,12,17-19H2,1-5H3,(H,27,29). The molecule has 2 aromatic rings. The molecule has 0 spiro atoms. The number of carbonyl (C=O) groups excluding carboxylic acids is 1. The van der Waals surface area contributed by atoms with Gasteiger partial charge in [-0.15, -0.1) is 0 Å². The van der Waals surface area contributed by atoms with E-state index in [-0.39, 0.29) is 24.8 Å². The van der Waals surface area contributed by atoms with Crippen molar-refractivity contribution < 1.29 is 17.9 Å². The van der Waals surface area contributed by atoms with Crippen LogP contribution in [0.15, 0.2) is 42.5 Å².